The molecule has 22 heavy (non-hydrogen) atoms. The van der Waals surface area contributed by atoms with Crippen LogP contribution in [0, 0.1) is 0 Å². The quantitative estimate of drug-likeness (QED) is 0.916. The van der Waals surface area contributed by atoms with Crippen molar-refractivity contribution in [1.82, 2.24) is 10.2 Å². The average Bonchev–Trinajstić information content (AvgIpc) is 2.57. The second kappa shape index (κ2) is 7.63. The lowest BCUT2D eigenvalue weighted by molar-refractivity contribution is 0.233. The first-order valence-electron chi connectivity index (χ1n) is 7.69. The summed E-state index contributed by atoms with van der Waals surface area (Å²) in [6.45, 7) is 6.04. The molecule has 1 fully saturated rings. The summed E-state index contributed by atoms with van der Waals surface area (Å²) in [5, 5.41) is 4.11. The Morgan fingerprint density at radius 1 is 0.909 bits per heavy atom. The topological polar surface area (TPSA) is 24.5 Å². The van der Waals surface area contributed by atoms with Crippen LogP contribution < -0.4 is 10.1 Å². The van der Waals surface area contributed by atoms with E-state index in [-0.39, 0.29) is 0 Å². The number of piperazine rings is 1. The van der Waals surface area contributed by atoms with Crippen LogP contribution in [-0.2, 0) is 13.2 Å². The van der Waals surface area contributed by atoms with Gasteiger partial charge in [0.25, 0.3) is 0 Å². The van der Waals surface area contributed by atoms with Crippen molar-refractivity contribution in [3.05, 3.63) is 64.7 Å². The molecule has 0 spiro atoms. The van der Waals surface area contributed by atoms with Gasteiger partial charge in [-0.15, -0.1) is 0 Å². The van der Waals surface area contributed by atoms with Crippen molar-refractivity contribution in [3.8, 4) is 5.75 Å². The summed E-state index contributed by atoms with van der Waals surface area (Å²) >= 11 is 5.86. The Hall–Kier alpha value is -1.55. The van der Waals surface area contributed by atoms with E-state index in [9.17, 15) is 0 Å². The molecule has 2 aromatic rings. The summed E-state index contributed by atoms with van der Waals surface area (Å²) in [6, 6.07) is 16.1. The van der Waals surface area contributed by atoms with Crippen LogP contribution in [0.5, 0.6) is 5.75 Å². The van der Waals surface area contributed by atoms with Crippen LogP contribution >= 0.6 is 11.6 Å². The summed E-state index contributed by atoms with van der Waals surface area (Å²) in [7, 11) is 0. The highest BCUT2D eigenvalue weighted by Crippen LogP contribution is 2.17. The molecule has 3 rings (SSSR count). The maximum atomic E-state index is 5.86. The van der Waals surface area contributed by atoms with E-state index < -0.39 is 0 Å². The lowest BCUT2D eigenvalue weighted by Gasteiger charge is -2.27. The normalized spacial score (nSPS) is 15.7. The van der Waals surface area contributed by atoms with E-state index in [0.717, 1.165) is 43.5 Å². The first-order valence-corrected chi connectivity index (χ1v) is 8.07. The zero-order valence-electron chi connectivity index (χ0n) is 12.6. The average molecular weight is 317 g/mol. The minimum Gasteiger partial charge on any atom is -0.489 e. The minimum atomic E-state index is 0.579. The van der Waals surface area contributed by atoms with E-state index in [0.29, 0.717) is 6.61 Å². The van der Waals surface area contributed by atoms with Crippen LogP contribution in [0.4, 0.5) is 0 Å². The maximum Gasteiger partial charge on any atom is 0.119 e. The summed E-state index contributed by atoms with van der Waals surface area (Å²) in [5.74, 6) is 0.842. The summed E-state index contributed by atoms with van der Waals surface area (Å²) < 4.78 is 5.76. The van der Waals surface area contributed by atoms with Crippen molar-refractivity contribution in [2.24, 2.45) is 0 Å². The van der Waals surface area contributed by atoms with E-state index >= 15 is 0 Å². The zero-order chi connectivity index (χ0) is 15.2. The van der Waals surface area contributed by atoms with Gasteiger partial charge in [0.2, 0.25) is 0 Å². The predicted molar refractivity (Wildman–Crippen MR) is 90.4 cm³/mol. The standard InChI is InChI=1S/C18H21ClN2O/c19-17-5-7-18(8-6-17)22-14-16-3-1-15(2-4-16)13-21-11-9-20-10-12-21/h1-8,20H,9-14H2. The lowest BCUT2D eigenvalue weighted by Crippen LogP contribution is -2.42. The van der Waals surface area contributed by atoms with E-state index in [1.54, 1.807) is 0 Å². The Morgan fingerprint density at radius 2 is 1.55 bits per heavy atom. The van der Waals surface area contributed by atoms with Gasteiger partial charge in [0, 0.05) is 37.7 Å². The Kier molecular flexibility index (Phi) is 5.33. The van der Waals surface area contributed by atoms with Crippen molar-refractivity contribution in [1.29, 1.82) is 0 Å². The van der Waals surface area contributed by atoms with Crippen LogP contribution in [0.2, 0.25) is 5.02 Å². The van der Waals surface area contributed by atoms with Gasteiger partial charge in [0.1, 0.15) is 12.4 Å². The molecule has 1 N–H and O–H groups in total. The van der Waals surface area contributed by atoms with Gasteiger partial charge in [0.15, 0.2) is 0 Å². The van der Waals surface area contributed by atoms with Crippen molar-refractivity contribution < 1.29 is 4.74 Å². The molecule has 0 amide bonds. The number of hydrogen-bond acceptors (Lipinski definition) is 3. The first-order chi connectivity index (χ1) is 10.8. The molecule has 0 unspecified atom stereocenters. The molecule has 2 aromatic carbocycles. The Bertz CT molecular complexity index is 577. The smallest absolute Gasteiger partial charge is 0.119 e. The molecule has 1 aliphatic rings. The van der Waals surface area contributed by atoms with Gasteiger partial charge < -0.3 is 10.1 Å². The molecule has 4 heteroatoms. The molecular formula is C18H21ClN2O. The Morgan fingerprint density at radius 3 is 2.23 bits per heavy atom. The summed E-state index contributed by atoms with van der Waals surface area (Å²) in [5.41, 5.74) is 2.54. The number of nitrogens with zero attached hydrogens (tertiary/aromatic N) is 1. The Balaban J connectivity index is 1.51. The SMILES string of the molecule is Clc1ccc(OCc2ccc(CN3CCNCC3)cc2)cc1. The van der Waals surface area contributed by atoms with E-state index in [1.807, 2.05) is 24.3 Å². The highest BCUT2D eigenvalue weighted by molar-refractivity contribution is 6.30. The van der Waals surface area contributed by atoms with Crippen LogP contribution in [0.15, 0.2) is 48.5 Å². The van der Waals surface area contributed by atoms with Crippen molar-refractivity contribution in [3.63, 3.8) is 0 Å². The molecule has 0 atom stereocenters. The molecule has 0 radical (unpaired) electrons. The third kappa shape index (κ3) is 4.47. The number of ether oxygens (including phenoxy) is 1. The van der Waals surface area contributed by atoms with Gasteiger partial charge in [-0.3, -0.25) is 4.90 Å². The number of halogens is 1. The van der Waals surface area contributed by atoms with Crippen molar-refractivity contribution in [2.45, 2.75) is 13.2 Å². The number of rotatable bonds is 5. The van der Waals surface area contributed by atoms with Crippen LogP contribution in [0.1, 0.15) is 11.1 Å². The molecule has 1 heterocycles. The highest BCUT2D eigenvalue weighted by atomic mass is 35.5. The molecule has 0 aliphatic carbocycles. The van der Waals surface area contributed by atoms with E-state index in [4.69, 9.17) is 16.3 Å². The number of hydrogen-bond donors (Lipinski definition) is 1. The largest absolute Gasteiger partial charge is 0.489 e. The van der Waals surface area contributed by atoms with Crippen molar-refractivity contribution >= 4 is 11.6 Å². The third-order valence-electron chi connectivity index (χ3n) is 3.86. The fraction of sp³-hybridized carbons (Fsp3) is 0.333. The Labute approximate surface area is 136 Å². The molecule has 116 valence electrons. The van der Waals surface area contributed by atoms with Gasteiger partial charge in [-0.05, 0) is 35.4 Å². The number of nitrogens with one attached hydrogen (secondary N) is 1. The van der Waals surface area contributed by atoms with Crippen LogP contribution in [0.3, 0.4) is 0 Å². The van der Waals surface area contributed by atoms with Crippen molar-refractivity contribution in [2.75, 3.05) is 26.2 Å². The molecule has 0 saturated carbocycles. The fourth-order valence-corrected chi connectivity index (χ4v) is 2.69. The second-order valence-electron chi connectivity index (χ2n) is 5.59. The van der Waals surface area contributed by atoms with Gasteiger partial charge in [-0.25, -0.2) is 0 Å². The van der Waals surface area contributed by atoms with E-state index in [1.165, 1.54) is 11.1 Å². The van der Waals surface area contributed by atoms with Gasteiger partial charge in [-0.2, -0.15) is 0 Å². The van der Waals surface area contributed by atoms with Gasteiger partial charge >= 0.3 is 0 Å². The molecule has 0 aromatic heterocycles. The van der Waals surface area contributed by atoms with Gasteiger partial charge in [-0.1, -0.05) is 35.9 Å². The maximum absolute atomic E-state index is 5.86. The molecule has 0 bridgehead atoms. The molecule has 3 nitrogen and oxygen atoms in total. The van der Waals surface area contributed by atoms with Crippen LogP contribution in [0.25, 0.3) is 0 Å². The predicted octanol–water partition coefficient (Wildman–Crippen LogP) is 3.32. The first kappa shape index (κ1) is 15.3. The molecule has 1 saturated heterocycles. The molecular weight excluding hydrogens is 296 g/mol. The van der Waals surface area contributed by atoms with E-state index in [2.05, 4.69) is 34.5 Å². The fourth-order valence-electron chi connectivity index (χ4n) is 2.57. The number of benzene rings is 2. The second-order valence-corrected chi connectivity index (χ2v) is 6.02. The highest BCUT2D eigenvalue weighted by Gasteiger charge is 2.09. The van der Waals surface area contributed by atoms with Gasteiger partial charge in [0.05, 0.1) is 0 Å². The summed E-state index contributed by atoms with van der Waals surface area (Å²) in [6.07, 6.45) is 0. The lowest BCUT2D eigenvalue weighted by atomic mass is 10.1. The third-order valence-corrected chi connectivity index (χ3v) is 4.11. The zero-order valence-corrected chi connectivity index (χ0v) is 13.4. The molecule has 1 aliphatic heterocycles. The monoisotopic (exact) mass is 316 g/mol. The summed E-state index contributed by atoms with van der Waals surface area (Å²) in [4.78, 5) is 2.48. The minimum absolute atomic E-state index is 0.579. The van der Waals surface area contributed by atoms with Crippen LogP contribution in [-0.4, -0.2) is 31.1 Å².